The zero-order valence-electron chi connectivity index (χ0n) is 17.1. The topological polar surface area (TPSA) is 43.9 Å². The van der Waals surface area contributed by atoms with Crippen LogP contribution in [0.2, 0.25) is 0 Å². The van der Waals surface area contributed by atoms with Gasteiger partial charge in [0, 0.05) is 65.6 Å². The van der Waals surface area contributed by atoms with Crippen LogP contribution in [0, 0.1) is 11.3 Å². The monoisotopic (exact) mass is 421 g/mol. The van der Waals surface area contributed by atoms with Crippen molar-refractivity contribution in [3.63, 3.8) is 0 Å². The highest BCUT2D eigenvalue weighted by Gasteiger charge is 2.47. The first-order valence-corrected chi connectivity index (χ1v) is 12.9. The molecule has 2 amide bonds. The summed E-state index contributed by atoms with van der Waals surface area (Å²) in [6.45, 7) is 8.57. The van der Waals surface area contributed by atoms with Crippen molar-refractivity contribution in [1.82, 2.24) is 9.80 Å². The minimum atomic E-state index is -0.756. The molecule has 4 aliphatic rings. The van der Waals surface area contributed by atoms with Crippen molar-refractivity contribution in [2.24, 2.45) is 11.3 Å². The van der Waals surface area contributed by atoms with E-state index in [0.29, 0.717) is 36.6 Å². The number of rotatable bonds is 2. The summed E-state index contributed by atoms with van der Waals surface area (Å²) >= 11 is 1.77. The fourth-order valence-corrected chi connectivity index (χ4v) is 6.54. The number of carbonyl (C=O) groups is 1. The van der Waals surface area contributed by atoms with Gasteiger partial charge in [-0.2, -0.15) is 0 Å². The summed E-state index contributed by atoms with van der Waals surface area (Å²) in [6.07, 6.45) is 3.26. The number of piperidine rings is 1. The lowest BCUT2D eigenvalue weighted by Crippen LogP contribution is -2.55. The van der Waals surface area contributed by atoms with E-state index < -0.39 is 10.8 Å². The fourth-order valence-electron chi connectivity index (χ4n) is 5.08. The van der Waals surface area contributed by atoms with Crippen LogP contribution in [0.15, 0.2) is 29.2 Å². The van der Waals surface area contributed by atoms with Gasteiger partial charge in [0.1, 0.15) is 0 Å². The molecule has 1 aromatic rings. The zero-order valence-corrected chi connectivity index (χ0v) is 18.7. The lowest BCUT2D eigenvalue weighted by Gasteiger charge is -2.48. The molecular weight excluding hydrogens is 390 g/mol. The standard InChI is InChI=1S/C21H31N3O2S2/c1-21(2)12-16-13-23(20(25)22-8-10-28(26)11-9-22)15-19(21)24(14-16)17-4-6-18(27-3)7-5-17/h4-7,16,19H,8-15H2,1-3H3. The second kappa shape index (κ2) is 7.90. The fraction of sp³-hybridized carbons (Fsp3) is 0.667. The third kappa shape index (κ3) is 3.92. The molecule has 2 atom stereocenters. The van der Waals surface area contributed by atoms with Gasteiger partial charge in [0.25, 0.3) is 0 Å². The molecule has 154 valence electrons. The number of thioether (sulfide) groups is 1. The number of amides is 2. The highest BCUT2D eigenvalue weighted by molar-refractivity contribution is 7.98. The van der Waals surface area contributed by atoms with Crippen molar-refractivity contribution in [3.8, 4) is 0 Å². The molecule has 2 bridgehead atoms. The third-order valence-electron chi connectivity index (χ3n) is 6.54. The van der Waals surface area contributed by atoms with Crippen LogP contribution >= 0.6 is 11.8 Å². The zero-order chi connectivity index (χ0) is 19.9. The Bertz CT molecular complexity index is 743. The van der Waals surface area contributed by atoms with Gasteiger partial charge in [-0.15, -0.1) is 11.8 Å². The van der Waals surface area contributed by atoms with Gasteiger partial charge in [0.15, 0.2) is 0 Å². The molecule has 5 nitrogen and oxygen atoms in total. The van der Waals surface area contributed by atoms with E-state index in [9.17, 15) is 9.00 Å². The Morgan fingerprint density at radius 2 is 1.75 bits per heavy atom. The first kappa shape index (κ1) is 20.1. The number of hydrogen-bond donors (Lipinski definition) is 0. The first-order chi connectivity index (χ1) is 13.4. The maximum Gasteiger partial charge on any atom is 0.320 e. The number of hydrogen-bond acceptors (Lipinski definition) is 4. The quantitative estimate of drug-likeness (QED) is 0.688. The highest BCUT2D eigenvalue weighted by Crippen LogP contribution is 2.43. The van der Waals surface area contributed by atoms with E-state index in [1.807, 2.05) is 4.90 Å². The second-order valence-electron chi connectivity index (χ2n) is 8.95. The van der Waals surface area contributed by atoms with Gasteiger partial charge >= 0.3 is 6.03 Å². The van der Waals surface area contributed by atoms with Crippen LogP contribution in [0.4, 0.5) is 10.5 Å². The number of nitrogens with zero attached hydrogens (tertiary/aromatic N) is 3. The molecule has 4 heterocycles. The predicted octanol–water partition coefficient (Wildman–Crippen LogP) is 3.13. The van der Waals surface area contributed by atoms with Gasteiger partial charge in [-0.25, -0.2) is 4.79 Å². The molecule has 2 unspecified atom stereocenters. The smallest absolute Gasteiger partial charge is 0.320 e. The molecular formula is C21H31N3O2S2. The summed E-state index contributed by atoms with van der Waals surface area (Å²) in [6, 6.07) is 9.31. The Kier molecular flexibility index (Phi) is 5.67. The largest absolute Gasteiger partial charge is 0.366 e. The van der Waals surface area contributed by atoms with Crippen LogP contribution in [0.25, 0.3) is 0 Å². The molecule has 5 rings (SSSR count). The molecule has 28 heavy (non-hydrogen) atoms. The van der Waals surface area contributed by atoms with E-state index in [1.54, 1.807) is 11.8 Å². The van der Waals surface area contributed by atoms with Gasteiger partial charge in [-0.1, -0.05) is 13.8 Å². The number of carbonyl (C=O) groups excluding carboxylic acids is 1. The maximum absolute atomic E-state index is 13.2. The van der Waals surface area contributed by atoms with Crippen molar-refractivity contribution < 1.29 is 9.00 Å². The summed E-state index contributed by atoms with van der Waals surface area (Å²) < 4.78 is 11.7. The third-order valence-corrected chi connectivity index (χ3v) is 8.56. The summed E-state index contributed by atoms with van der Waals surface area (Å²) in [5.41, 5.74) is 1.43. The molecule has 0 saturated carbocycles. The molecule has 1 aromatic carbocycles. The van der Waals surface area contributed by atoms with E-state index in [-0.39, 0.29) is 11.4 Å². The van der Waals surface area contributed by atoms with Crippen molar-refractivity contribution >= 4 is 34.3 Å². The summed E-state index contributed by atoms with van der Waals surface area (Å²) in [5.74, 6) is 1.72. The van der Waals surface area contributed by atoms with Crippen molar-refractivity contribution in [3.05, 3.63) is 24.3 Å². The van der Waals surface area contributed by atoms with Crippen LogP contribution in [0.5, 0.6) is 0 Å². The Labute approximate surface area is 175 Å². The van der Waals surface area contributed by atoms with E-state index >= 15 is 0 Å². The molecule has 0 N–H and O–H groups in total. The molecule has 4 saturated heterocycles. The molecule has 7 heteroatoms. The van der Waals surface area contributed by atoms with Crippen LogP contribution in [0.1, 0.15) is 20.3 Å². The molecule has 0 aromatic heterocycles. The Morgan fingerprint density at radius 1 is 1.07 bits per heavy atom. The molecule has 4 aliphatic heterocycles. The summed E-state index contributed by atoms with van der Waals surface area (Å²) in [5, 5.41) is 0. The number of anilines is 1. The van der Waals surface area contributed by atoms with Crippen LogP contribution in [-0.2, 0) is 10.8 Å². The molecule has 0 spiro atoms. The average molecular weight is 422 g/mol. The Morgan fingerprint density at radius 3 is 2.39 bits per heavy atom. The van der Waals surface area contributed by atoms with Crippen LogP contribution < -0.4 is 4.90 Å². The van der Waals surface area contributed by atoms with Gasteiger partial charge in [-0.05, 0) is 48.3 Å². The van der Waals surface area contributed by atoms with E-state index in [2.05, 4.69) is 54.2 Å². The van der Waals surface area contributed by atoms with Crippen molar-refractivity contribution in [2.75, 3.05) is 55.4 Å². The Balaban J connectivity index is 1.55. The average Bonchev–Trinajstić information content (AvgIpc) is 2.95. The number of fused-ring (bicyclic) bond motifs is 4. The van der Waals surface area contributed by atoms with Gasteiger partial charge < -0.3 is 14.7 Å². The lowest BCUT2D eigenvalue weighted by atomic mass is 9.73. The number of urea groups is 1. The minimum absolute atomic E-state index is 0.143. The maximum atomic E-state index is 13.2. The Hall–Kier alpha value is -1.21. The number of benzene rings is 1. The predicted molar refractivity (Wildman–Crippen MR) is 118 cm³/mol. The van der Waals surface area contributed by atoms with E-state index in [1.165, 1.54) is 10.6 Å². The van der Waals surface area contributed by atoms with Crippen LogP contribution in [-0.4, -0.2) is 76.6 Å². The van der Waals surface area contributed by atoms with Crippen molar-refractivity contribution in [1.29, 1.82) is 0 Å². The van der Waals surface area contributed by atoms with E-state index in [0.717, 1.165) is 26.1 Å². The summed E-state index contributed by atoms with van der Waals surface area (Å²) in [7, 11) is -0.756. The lowest BCUT2D eigenvalue weighted by molar-refractivity contribution is 0.153. The highest BCUT2D eigenvalue weighted by atomic mass is 32.2. The van der Waals surface area contributed by atoms with Gasteiger partial charge in [-0.3, -0.25) is 4.21 Å². The summed E-state index contributed by atoms with van der Waals surface area (Å²) in [4.78, 5) is 21.0. The minimum Gasteiger partial charge on any atom is -0.366 e. The SMILES string of the molecule is CSc1ccc(N2CC3CN(C(=O)N4CCS(=O)CC4)CC2C(C)(C)C3)cc1. The van der Waals surface area contributed by atoms with Gasteiger partial charge in [0.05, 0.1) is 6.04 Å². The van der Waals surface area contributed by atoms with E-state index in [4.69, 9.17) is 0 Å². The molecule has 0 radical (unpaired) electrons. The molecule has 4 fully saturated rings. The second-order valence-corrected chi connectivity index (χ2v) is 11.5. The van der Waals surface area contributed by atoms with Crippen LogP contribution in [0.3, 0.4) is 0 Å². The van der Waals surface area contributed by atoms with Crippen molar-refractivity contribution in [2.45, 2.75) is 31.2 Å². The van der Waals surface area contributed by atoms with Gasteiger partial charge in [0.2, 0.25) is 0 Å². The molecule has 0 aliphatic carbocycles. The normalized spacial score (nSPS) is 27.8. The first-order valence-electron chi connectivity index (χ1n) is 10.2.